The summed E-state index contributed by atoms with van der Waals surface area (Å²) < 4.78 is 33.1. The summed E-state index contributed by atoms with van der Waals surface area (Å²) in [5, 5.41) is 3.08. The number of benzene rings is 1. The van der Waals surface area contributed by atoms with Gasteiger partial charge >= 0.3 is 0 Å². The Balaban J connectivity index is 2.08. The molecular formula is C15H24N2O3S. The molecular weight excluding hydrogens is 288 g/mol. The molecule has 1 atom stereocenters. The first-order valence-electron chi connectivity index (χ1n) is 7.30. The molecule has 2 rings (SSSR count). The molecule has 1 fully saturated rings. The highest BCUT2D eigenvalue weighted by Crippen LogP contribution is 2.22. The minimum atomic E-state index is -3.50. The van der Waals surface area contributed by atoms with Crippen LogP contribution in [0.3, 0.4) is 0 Å². The van der Waals surface area contributed by atoms with E-state index in [0.29, 0.717) is 18.1 Å². The van der Waals surface area contributed by atoms with Crippen LogP contribution in [0, 0.1) is 0 Å². The van der Waals surface area contributed by atoms with E-state index in [2.05, 4.69) is 10.0 Å². The molecule has 118 valence electrons. The highest BCUT2D eigenvalue weighted by atomic mass is 32.2. The Morgan fingerprint density at radius 2 is 2.00 bits per heavy atom. The summed E-state index contributed by atoms with van der Waals surface area (Å²) in [6, 6.07) is 7.07. The van der Waals surface area contributed by atoms with Crippen molar-refractivity contribution in [1.29, 1.82) is 0 Å². The van der Waals surface area contributed by atoms with Crippen molar-refractivity contribution in [3.8, 4) is 0 Å². The summed E-state index contributed by atoms with van der Waals surface area (Å²) in [5.74, 6) is 0. The SMILES string of the molecule is CNCCc1ccc(S(=O)(=O)NC2(C)CCCOC2)cc1. The van der Waals surface area contributed by atoms with Crippen LogP contribution in [-0.4, -0.2) is 40.8 Å². The molecule has 0 spiro atoms. The zero-order valence-corrected chi connectivity index (χ0v) is 13.5. The fourth-order valence-corrected chi connectivity index (χ4v) is 3.92. The fraction of sp³-hybridized carbons (Fsp3) is 0.600. The van der Waals surface area contributed by atoms with Crippen molar-refractivity contribution in [1.82, 2.24) is 10.0 Å². The summed E-state index contributed by atoms with van der Waals surface area (Å²) in [6.45, 7) is 3.90. The lowest BCUT2D eigenvalue weighted by Crippen LogP contribution is -2.51. The van der Waals surface area contributed by atoms with E-state index in [1.54, 1.807) is 12.1 Å². The molecule has 1 unspecified atom stereocenters. The largest absolute Gasteiger partial charge is 0.380 e. The number of hydrogen-bond donors (Lipinski definition) is 2. The van der Waals surface area contributed by atoms with Gasteiger partial charge in [-0.25, -0.2) is 13.1 Å². The molecule has 21 heavy (non-hydrogen) atoms. The second-order valence-electron chi connectivity index (χ2n) is 5.82. The molecule has 0 bridgehead atoms. The molecule has 0 aliphatic carbocycles. The third kappa shape index (κ3) is 4.51. The van der Waals surface area contributed by atoms with Gasteiger partial charge in [0.25, 0.3) is 0 Å². The molecule has 1 aromatic rings. The second kappa shape index (κ2) is 6.87. The van der Waals surface area contributed by atoms with E-state index in [9.17, 15) is 8.42 Å². The Labute approximate surface area is 127 Å². The lowest BCUT2D eigenvalue weighted by Gasteiger charge is -2.33. The van der Waals surface area contributed by atoms with Crippen LogP contribution >= 0.6 is 0 Å². The lowest BCUT2D eigenvalue weighted by atomic mass is 9.97. The van der Waals surface area contributed by atoms with E-state index >= 15 is 0 Å². The maximum Gasteiger partial charge on any atom is 0.241 e. The van der Waals surface area contributed by atoms with Crippen molar-refractivity contribution in [2.45, 2.75) is 36.6 Å². The molecule has 1 heterocycles. The highest BCUT2D eigenvalue weighted by molar-refractivity contribution is 7.89. The highest BCUT2D eigenvalue weighted by Gasteiger charge is 2.32. The predicted octanol–water partition coefficient (Wildman–Crippen LogP) is 1.30. The summed E-state index contributed by atoms with van der Waals surface area (Å²) in [5.41, 5.74) is 0.609. The average molecular weight is 312 g/mol. The maximum absolute atomic E-state index is 12.5. The first kappa shape index (κ1) is 16.4. The van der Waals surface area contributed by atoms with Gasteiger partial charge in [-0.05, 0) is 57.5 Å². The van der Waals surface area contributed by atoms with Gasteiger partial charge in [-0.3, -0.25) is 0 Å². The van der Waals surface area contributed by atoms with Crippen LogP contribution in [0.2, 0.25) is 0 Å². The van der Waals surface area contributed by atoms with Crippen LogP contribution in [0.4, 0.5) is 0 Å². The molecule has 0 radical (unpaired) electrons. The summed E-state index contributed by atoms with van der Waals surface area (Å²) in [7, 11) is -1.60. The Kier molecular flexibility index (Phi) is 5.37. The standard InChI is InChI=1S/C15H24N2O3S/c1-15(9-3-11-20-12-15)17-21(18,19)14-6-4-13(5-7-14)8-10-16-2/h4-7,16-17H,3,8-12H2,1-2H3. The van der Waals surface area contributed by atoms with Crippen LogP contribution in [-0.2, 0) is 21.2 Å². The van der Waals surface area contributed by atoms with Crippen LogP contribution < -0.4 is 10.0 Å². The quantitative estimate of drug-likeness (QED) is 0.831. The molecule has 0 aromatic heterocycles. The van der Waals surface area contributed by atoms with Gasteiger partial charge in [-0.2, -0.15) is 0 Å². The van der Waals surface area contributed by atoms with E-state index in [0.717, 1.165) is 31.4 Å². The third-order valence-electron chi connectivity index (χ3n) is 3.72. The molecule has 6 heteroatoms. The first-order valence-corrected chi connectivity index (χ1v) is 8.79. The fourth-order valence-electron chi connectivity index (χ4n) is 2.50. The van der Waals surface area contributed by atoms with Gasteiger partial charge in [0, 0.05) is 6.61 Å². The van der Waals surface area contributed by atoms with E-state index in [4.69, 9.17) is 4.74 Å². The molecule has 1 aromatic carbocycles. The number of nitrogens with one attached hydrogen (secondary N) is 2. The van der Waals surface area contributed by atoms with Crippen molar-refractivity contribution in [3.63, 3.8) is 0 Å². The number of ether oxygens (including phenoxy) is 1. The first-order chi connectivity index (χ1) is 9.95. The summed E-state index contributed by atoms with van der Waals surface area (Å²) in [4.78, 5) is 0.308. The van der Waals surface area contributed by atoms with Crippen molar-refractivity contribution in [2.24, 2.45) is 0 Å². The van der Waals surface area contributed by atoms with E-state index in [-0.39, 0.29) is 0 Å². The normalized spacial score (nSPS) is 23.1. The van der Waals surface area contributed by atoms with Crippen molar-refractivity contribution in [2.75, 3.05) is 26.8 Å². The van der Waals surface area contributed by atoms with Gasteiger partial charge in [-0.15, -0.1) is 0 Å². The average Bonchev–Trinajstić information content (AvgIpc) is 2.45. The van der Waals surface area contributed by atoms with Gasteiger partial charge in [0.1, 0.15) is 0 Å². The zero-order chi connectivity index (χ0) is 15.3. The maximum atomic E-state index is 12.5. The molecule has 1 saturated heterocycles. The van der Waals surface area contributed by atoms with Gasteiger partial charge in [-0.1, -0.05) is 12.1 Å². The molecule has 5 nitrogen and oxygen atoms in total. The van der Waals surface area contributed by atoms with Gasteiger partial charge in [0.05, 0.1) is 17.0 Å². The monoisotopic (exact) mass is 312 g/mol. The van der Waals surface area contributed by atoms with Crippen LogP contribution in [0.1, 0.15) is 25.3 Å². The zero-order valence-electron chi connectivity index (χ0n) is 12.7. The summed E-state index contributed by atoms with van der Waals surface area (Å²) in [6.07, 6.45) is 2.56. The Hall–Kier alpha value is -0.950. The van der Waals surface area contributed by atoms with Gasteiger partial charge in [0.15, 0.2) is 0 Å². The molecule has 0 saturated carbocycles. The van der Waals surface area contributed by atoms with Crippen LogP contribution in [0.25, 0.3) is 0 Å². The lowest BCUT2D eigenvalue weighted by molar-refractivity contribution is 0.0386. The van der Waals surface area contributed by atoms with E-state index in [1.807, 2.05) is 26.1 Å². The van der Waals surface area contributed by atoms with Gasteiger partial charge < -0.3 is 10.1 Å². The van der Waals surface area contributed by atoms with E-state index < -0.39 is 15.6 Å². The van der Waals surface area contributed by atoms with Crippen LogP contribution in [0.15, 0.2) is 29.2 Å². The molecule has 2 N–H and O–H groups in total. The Morgan fingerprint density at radius 3 is 2.57 bits per heavy atom. The third-order valence-corrected chi connectivity index (χ3v) is 5.37. The number of sulfonamides is 1. The topological polar surface area (TPSA) is 67.4 Å². The van der Waals surface area contributed by atoms with Crippen molar-refractivity contribution < 1.29 is 13.2 Å². The molecule has 0 amide bonds. The number of likely N-dealkylation sites (N-methyl/N-ethyl adjacent to an activating group) is 1. The summed E-state index contributed by atoms with van der Waals surface area (Å²) >= 11 is 0. The number of rotatable bonds is 6. The van der Waals surface area contributed by atoms with Crippen molar-refractivity contribution >= 4 is 10.0 Å². The number of hydrogen-bond acceptors (Lipinski definition) is 4. The Bertz CT molecular complexity index is 549. The predicted molar refractivity (Wildman–Crippen MR) is 82.9 cm³/mol. The van der Waals surface area contributed by atoms with Crippen molar-refractivity contribution in [3.05, 3.63) is 29.8 Å². The Morgan fingerprint density at radius 1 is 1.29 bits per heavy atom. The van der Waals surface area contributed by atoms with E-state index in [1.165, 1.54) is 0 Å². The second-order valence-corrected chi connectivity index (χ2v) is 7.50. The van der Waals surface area contributed by atoms with Gasteiger partial charge in [0.2, 0.25) is 10.0 Å². The van der Waals surface area contributed by atoms with Crippen LogP contribution in [0.5, 0.6) is 0 Å². The smallest absolute Gasteiger partial charge is 0.241 e. The molecule has 1 aliphatic rings. The minimum Gasteiger partial charge on any atom is -0.380 e. The molecule has 1 aliphatic heterocycles. The minimum absolute atomic E-state index is 0.308.